The van der Waals surface area contributed by atoms with E-state index in [1.165, 1.54) is 17.1 Å². The minimum Gasteiger partial charge on any atom is -0.316 e. The molecule has 25 heavy (non-hydrogen) atoms. The summed E-state index contributed by atoms with van der Waals surface area (Å²) in [5.74, 6) is 6.74. The number of aromatic nitrogens is 2. The van der Waals surface area contributed by atoms with Crippen LogP contribution in [0.5, 0.6) is 0 Å². The van der Waals surface area contributed by atoms with Crippen LogP contribution in [0.4, 0.5) is 10.3 Å². The van der Waals surface area contributed by atoms with Crippen LogP contribution >= 0.6 is 0 Å². The molecule has 0 bridgehead atoms. The van der Waals surface area contributed by atoms with Gasteiger partial charge in [-0.05, 0) is 54.8 Å². The summed E-state index contributed by atoms with van der Waals surface area (Å²) in [6, 6.07) is 8.03. The molecule has 1 aromatic heterocycles. The molecule has 0 spiro atoms. The van der Waals surface area contributed by atoms with Gasteiger partial charge in [0.1, 0.15) is 5.82 Å². The van der Waals surface area contributed by atoms with Crippen molar-refractivity contribution in [2.24, 2.45) is 11.8 Å². The predicted octanol–water partition coefficient (Wildman–Crippen LogP) is 2.89. The summed E-state index contributed by atoms with van der Waals surface area (Å²) in [6.45, 7) is 5.97. The molecule has 2 heterocycles. The first-order chi connectivity index (χ1) is 12.1. The van der Waals surface area contributed by atoms with Crippen LogP contribution in [0.15, 0.2) is 61.1 Å². The molecule has 1 aromatic carbocycles. The van der Waals surface area contributed by atoms with Gasteiger partial charge in [-0.2, -0.15) is 0 Å². The van der Waals surface area contributed by atoms with Gasteiger partial charge < -0.3 is 5.32 Å². The van der Waals surface area contributed by atoms with Crippen LogP contribution in [0.25, 0.3) is 5.57 Å². The van der Waals surface area contributed by atoms with E-state index in [9.17, 15) is 4.39 Å². The van der Waals surface area contributed by atoms with E-state index in [0.717, 1.165) is 42.8 Å². The third-order valence-electron chi connectivity index (χ3n) is 4.30. The minimum atomic E-state index is -0.268. The number of hydrogen-bond donors (Lipinski definition) is 2. The van der Waals surface area contributed by atoms with Gasteiger partial charge in [0, 0.05) is 30.6 Å². The van der Waals surface area contributed by atoms with Crippen molar-refractivity contribution in [1.29, 1.82) is 0 Å². The van der Waals surface area contributed by atoms with Crippen molar-refractivity contribution in [1.82, 2.24) is 15.3 Å². The Balaban J connectivity index is 1.92. The maximum absolute atomic E-state index is 13.2. The maximum Gasteiger partial charge on any atom is 0.244 e. The van der Waals surface area contributed by atoms with Crippen LogP contribution in [0.3, 0.4) is 0 Å². The lowest BCUT2D eigenvalue weighted by Crippen LogP contribution is -2.40. The van der Waals surface area contributed by atoms with Crippen molar-refractivity contribution in [3.05, 3.63) is 72.5 Å². The van der Waals surface area contributed by atoms with Crippen molar-refractivity contribution in [2.75, 3.05) is 18.1 Å². The maximum atomic E-state index is 13.2. The van der Waals surface area contributed by atoms with E-state index in [4.69, 9.17) is 5.84 Å². The molecule has 3 N–H and O–H groups in total. The first-order valence-electron chi connectivity index (χ1n) is 8.34. The Morgan fingerprint density at radius 1 is 1.28 bits per heavy atom. The Morgan fingerprint density at radius 3 is 2.64 bits per heavy atom. The summed E-state index contributed by atoms with van der Waals surface area (Å²) in [5.41, 5.74) is 2.52. The smallest absolute Gasteiger partial charge is 0.244 e. The van der Waals surface area contributed by atoms with Gasteiger partial charge in [0.25, 0.3) is 0 Å². The lowest BCUT2D eigenvalue weighted by molar-refractivity contribution is 0.414. The largest absolute Gasteiger partial charge is 0.316 e. The molecule has 0 saturated carbocycles. The first-order valence-corrected chi connectivity index (χ1v) is 8.34. The molecule has 130 valence electrons. The summed E-state index contributed by atoms with van der Waals surface area (Å²) >= 11 is 0. The highest BCUT2D eigenvalue weighted by Gasteiger charge is 2.23. The SMILES string of the molecule is C=C(/C=C(/C1CCCNC1)N(N)c1ncccn1)c1ccc(F)cc1. The highest BCUT2D eigenvalue weighted by molar-refractivity contribution is 5.73. The van der Waals surface area contributed by atoms with Crippen LogP contribution in [-0.4, -0.2) is 23.1 Å². The molecule has 1 aliphatic heterocycles. The summed E-state index contributed by atoms with van der Waals surface area (Å²) < 4.78 is 13.2. The molecule has 1 atom stereocenters. The molecule has 0 amide bonds. The number of anilines is 1. The lowest BCUT2D eigenvalue weighted by atomic mass is 9.93. The fourth-order valence-corrected chi connectivity index (χ4v) is 2.95. The average Bonchev–Trinajstić information content (AvgIpc) is 2.67. The molecule has 0 aliphatic carbocycles. The number of hydrogen-bond acceptors (Lipinski definition) is 5. The van der Waals surface area contributed by atoms with E-state index in [-0.39, 0.29) is 11.7 Å². The van der Waals surface area contributed by atoms with E-state index in [1.807, 2.05) is 6.08 Å². The molecule has 1 saturated heterocycles. The Labute approximate surface area is 147 Å². The Hall–Kier alpha value is -2.57. The normalized spacial score (nSPS) is 18.0. The number of hydrazine groups is 1. The Bertz CT molecular complexity index is 736. The van der Waals surface area contributed by atoms with Gasteiger partial charge in [-0.3, -0.25) is 5.01 Å². The van der Waals surface area contributed by atoms with Gasteiger partial charge in [-0.25, -0.2) is 20.2 Å². The van der Waals surface area contributed by atoms with Crippen LogP contribution in [0, 0.1) is 11.7 Å². The van der Waals surface area contributed by atoms with Crippen molar-refractivity contribution in [3.63, 3.8) is 0 Å². The van der Waals surface area contributed by atoms with Gasteiger partial charge in [0.05, 0.1) is 0 Å². The number of rotatable bonds is 5. The highest BCUT2D eigenvalue weighted by atomic mass is 19.1. The second-order valence-electron chi connectivity index (χ2n) is 6.06. The van der Waals surface area contributed by atoms with Crippen molar-refractivity contribution in [3.8, 4) is 0 Å². The zero-order valence-electron chi connectivity index (χ0n) is 14.0. The van der Waals surface area contributed by atoms with Gasteiger partial charge in [-0.15, -0.1) is 0 Å². The van der Waals surface area contributed by atoms with E-state index in [2.05, 4.69) is 21.9 Å². The molecule has 1 aliphatic rings. The average molecular weight is 339 g/mol. The van der Waals surface area contributed by atoms with Gasteiger partial charge >= 0.3 is 0 Å². The molecule has 5 nitrogen and oxygen atoms in total. The Morgan fingerprint density at radius 2 is 2.00 bits per heavy atom. The molecule has 6 heteroatoms. The summed E-state index contributed by atoms with van der Waals surface area (Å²) in [7, 11) is 0. The zero-order chi connectivity index (χ0) is 17.6. The van der Waals surface area contributed by atoms with Gasteiger partial charge in [0.2, 0.25) is 5.95 Å². The Kier molecular flexibility index (Phi) is 5.53. The number of halogens is 1. The van der Waals surface area contributed by atoms with E-state index >= 15 is 0 Å². The van der Waals surface area contributed by atoms with Crippen LogP contribution in [0.1, 0.15) is 18.4 Å². The van der Waals surface area contributed by atoms with Crippen molar-refractivity contribution < 1.29 is 4.39 Å². The van der Waals surface area contributed by atoms with E-state index in [1.54, 1.807) is 30.6 Å². The third-order valence-corrected chi connectivity index (χ3v) is 4.30. The van der Waals surface area contributed by atoms with Gasteiger partial charge in [-0.1, -0.05) is 18.7 Å². The van der Waals surface area contributed by atoms with E-state index < -0.39 is 0 Å². The quantitative estimate of drug-likeness (QED) is 0.498. The fraction of sp³-hybridized carbons (Fsp3) is 0.263. The summed E-state index contributed by atoms with van der Waals surface area (Å²) in [6.07, 6.45) is 7.37. The summed E-state index contributed by atoms with van der Waals surface area (Å²) in [4.78, 5) is 8.47. The molecular weight excluding hydrogens is 317 g/mol. The highest BCUT2D eigenvalue weighted by Crippen LogP contribution is 2.27. The number of nitrogens with two attached hydrogens (primary N) is 1. The van der Waals surface area contributed by atoms with Gasteiger partial charge in [0.15, 0.2) is 0 Å². The van der Waals surface area contributed by atoms with Crippen LogP contribution in [0.2, 0.25) is 0 Å². The second-order valence-corrected chi connectivity index (χ2v) is 6.06. The standard InChI is InChI=1S/C19H22FN5/c1-14(15-5-7-17(20)8-6-15)12-18(16-4-2-9-22-13-16)25(21)19-23-10-3-11-24-19/h3,5-8,10-12,16,22H,1-2,4,9,13,21H2/b18-12-. The topological polar surface area (TPSA) is 67.1 Å². The van der Waals surface area contributed by atoms with Crippen molar-refractivity contribution in [2.45, 2.75) is 12.8 Å². The molecule has 2 aromatic rings. The number of nitrogens with one attached hydrogen (secondary N) is 1. The molecule has 1 fully saturated rings. The molecule has 0 radical (unpaired) electrons. The van der Waals surface area contributed by atoms with E-state index in [0.29, 0.717) is 5.95 Å². The van der Waals surface area contributed by atoms with Crippen molar-refractivity contribution >= 4 is 11.5 Å². The zero-order valence-corrected chi connectivity index (χ0v) is 14.0. The number of benzene rings is 1. The summed E-state index contributed by atoms with van der Waals surface area (Å²) in [5, 5.41) is 4.92. The number of allylic oxidation sites excluding steroid dienone is 2. The monoisotopic (exact) mass is 339 g/mol. The van der Waals surface area contributed by atoms with Crippen LogP contribution in [-0.2, 0) is 0 Å². The fourth-order valence-electron chi connectivity index (χ4n) is 2.95. The molecular formula is C19H22FN5. The van der Waals surface area contributed by atoms with Crippen LogP contribution < -0.4 is 16.2 Å². The minimum absolute atomic E-state index is 0.236. The molecule has 1 unspecified atom stereocenters. The third kappa shape index (κ3) is 4.29. The predicted molar refractivity (Wildman–Crippen MR) is 97.8 cm³/mol. The molecule has 3 rings (SSSR count). The first kappa shape index (κ1) is 17.3. The number of nitrogens with zero attached hydrogens (tertiary/aromatic N) is 3. The lowest BCUT2D eigenvalue weighted by Gasteiger charge is -2.30. The second kappa shape index (κ2) is 8.00. The number of piperidine rings is 1.